The molecule has 2 saturated carbocycles. The van der Waals surface area contributed by atoms with Crippen molar-refractivity contribution in [2.75, 3.05) is 13.6 Å². The third-order valence-electron chi connectivity index (χ3n) is 5.72. The van der Waals surface area contributed by atoms with E-state index in [0.717, 1.165) is 19.3 Å². The van der Waals surface area contributed by atoms with E-state index in [0.29, 0.717) is 36.9 Å². The van der Waals surface area contributed by atoms with Crippen LogP contribution < -0.4 is 11.1 Å². The molecule has 118 valence electrons. The van der Waals surface area contributed by atoms with E-state index in [1.807, 2.05) is 7.05 Å². The molecule has 3 unspecified atom stereocenters. The number of likely N-dealkylation sites (tertiary alicyclic amines) is 1. The van der Waals surface area contributed by atoms with E-state index >= 15 is 0 Å². The zero-order valence-corrected chi connectivity index (χ0v) is 12.9. The number of hydrogen-bond donors (Lipinski definition) is 2. The predicted molar refractivity (Wildman–Crippen MR) is 80.3 cm³/mol. The van der Waals surface area contributed by atoms with Crippen LogP contribution in [0.15, 0.2) is 0 Å². The quantitative estimate of drug-likeness (QED) is 0.793. The topological polar surface area (TPSA) is 75.4 Å². The van der Waals surface area contributed by atoms with E-state index in [1.54, 1.807) is 4.90 Å². The lowest BCUT2D eigenvalue weighted by molar-refractivity contribution is -0.140. The molecule has 0 spiro atoms. The number of carbonyl (C=O) groups excluding carboxylic acids is 2. The van der Waals surface area contributed by atoms with E-state index < -0.39 is 0 Å². The second-order valence-electron chi connectivity index (χ2n) is 7.22. The smallest absolute Gasteiger partial charge is 0.223 e. The van der Waals surface area contributed by atoms with Gasteiger partial charge in [0.1, 0.15) is 0 Å². The fourth-order valence-corrected chi connectivity index (χ4v) is 4.47. The van der Waals surface area contributed by atoms with Gasteiger partial charge in [0.05, 0.1) is 0 Å². The molecule has 21 heavy (non-hydrogen) atoms. The number of hydrogen-bond acceptors (Lipinski definition) is 3. The molecule has 2 bridgehead atoms. The lowest BCUT2D eigenvalue weighted by Crippen LogP contribution is -2.55. The molecule has 3 aliphatic rings. The predicted octanol–water partition coefficient (Wildman–Crippen LogP) is 0.877. The van der Waals surface area contributed by atoms with Gasteiger partial charge in [-0.2, -0.15) is 0 Å². The van der Waals surface area contributed by atoms with Gasteiger partial charge >= 0.3 is 0 Å². The molecule has 0 aromatic heterocycles. The van der Waals surface area contributed by atoms with Crippen molar-refractivity contribution in [2.45, 2.75) is 57.0 Å². The Labute approximate surface area is 126 Å². The van der Waals surface area contributed by atoms with Gasteiger partial charge in [-0.3, -0.25) is 9.59 Å². The monoisotopic (exact) mass is 293 g/mol. The van der Waals surface area contributed by atoms with Gasteiger partial charge in [0, 0.05) is 38.0 Å². The highest BCUT2D eigenvalue weighted by Gasteiger charge is 2.41. The van der Waals surface area contributed by atoms with Crippen molar-refractivity contribution in [3.63, 3.8) is 0 Å². The van der Waals surface area contributed by atoms with Crippen LogP contribution in [0.25, 0.3) is 0 Å². The van der Waals surface area contributed by atoms with Crippen molar-refractivity contribution in [1.82, 2.24) is 10.2 Å². The average molecular weight is 293 g/mol. The van der Waals surface area contributed by atoms with Crippen LogP contribution in [0, 0.1) is 17.8 Å². The van der Waals surface area contributed by atoms with Crippen LogP contribution in [0.2, 0.25) is 0 Å². The largest absolute Gasteiger partial charge is 0.353 e. The second kappa shape index (κ2) is 5.95. The summed E-state index contributed by atoms with van der Waals surface area (Å²) in [6.07, 6.45) is 6.85. The third-order valence-corrected chi connectivity index (χ3v) is 5.72. The van der Waals surface area contributed by atoms with Crippen LogP contribution in [-0.2, 0) is 9.59 Å². The molecule has 3 N–H and O–H groups in total. The van der Waals surface area contributed by atoms with Crippen molar-refractivity contribution >= 4 is 11.8 Å². The van der Waals surface area contributed by atoms with E-state index in [9.17, 15) is 9.59 Å². The SMILES string of the molecule is CN1CCC(C(=O)NC2C3CCCC2CC(N)C3)CC1=O. The summed E-state index contributed by atoms with van der Waals surface area (Å²) in [6, 6.07) is 0.596. The number of nitrogens with two attached hydrogens (primary N) is 1. The fraction of sp³-hybridized carbons (Fsp3) is 0.875. The van der Waals surface area contributed by atoms with E-state index in [2.05, 4.69) is 5.32 Å². The van der Waals surface area contributed by atoms with Crippen molar-refractivity contribution in [3.8, 4) is 0 Å². The number of nitrogens with one attached hydrogen (secondary N) is 1. The maximum absolute atomic E-state index is 12.5. The molecule has 0 aromatic rings. The van der Waals surface area contributed by atoms with Gasteiger partial charge in [0.2, 0.25) is 11.8 Å². The molecule has 5 nitrogen and oxygen atoms in total. The highest BCUT2D eigenvalue weighted by molar-refractivity contribution is 5.87. The molecule has 0 radical (unpaired) electrons. The van der Waals surface area contributed by atoms with Crippen LogP contribution in [0.1, 0.15) is 44.9 Å². The summed E-state index contributed by atoms with van der Waals surface area (Å²) in [5, 5.41) is 3.28. The van der Waals surface area contributed by atoms with Gasteiger partial charge in [-0.1, -0.05) is 6.42 Å². The first-order valence-electron chi connectivity index (χ1n) is 8.34. The molecular formula is C16H27N3O2. The van der Waals surface area contributed by atoms with Gasteiger partial charge in [0.25, 0.3) is 0 Å². The lowest BCUT2D eigenvalue weighted by Gasteiger charge is -2.45. The summed E-state index contributed by atoms with van der Waals surface area (Å²) in [7, 11) is 1.81. The summed E-state index contributed by atoms with van der Waals surface area (Å²) >= 11 is 0. The van der Waals surface area contributed by atoms with Gasteiger partial charge in [-0.05, 0) is 43.9 Å². The summed E-state index contributed by atoms with van der Waals surface area (Å²) in [4.78, 5) is 26.0. The molecule has 3 atom stereocenters. The standard InChI is InChI=1S/C16H27N3O2/c1-19-6-5-12(9-14(19)20)16(21)18-15-10-3-2-4-11(15)8-13(17)7-10/h10-13,15H,2-9,17H2,1H3,(H,18,21). The van der Waals surface area contributed by atoms with Crippen molar-refractivity contribution in [3.05, 3.63) is 0 Å². The molecular weight excluding hydrogens is 266 g/mol. The van der Waals surface area contributed by atoms with Gasteiger partial charge in [-0.25, -0.2) is 0 Å². The highest BCUT2D eigenvalue weighted by Crippen LogP contribution is 2.39. The highest BCUT2D eigenvalue weighted by atomic mass is 16.2. The van der Waals surface area contributed by atoms with Gasteiger partial charge in [-0.15, -0.1) is 0 Å². The van der Waals surface area contributed by atoms with E-state index in [1.165, 1.54) is 19.3 Å². The number of amides is 2. The van der Waals surface area contributed by atoms with Gasteiger partial charge in [0.15, 0.2) is 0 Å². The van der Waals surface area contributed by atoms with Crippen molar-refractivity contribution in [2.24, 2.45) is 23.5 Å². The van der Waals surface area contributed by atoms with Crippen molar-refractivity contribution in [1.29, 1.82) is 0 Å². The number of fused-ring (bicyclic) bond motifs is 2. The van der Waals surface area contributed by atoms with E-state index in [-0.39, 0.29) is 17.7 Å². The summed E-state index contributed by atoms with van der Waals surface area (Å²) in [5.74, 6) is 1.13. The molecule has 3 rings (SSSR count). The molecule has 2 aliphatic carbocycles. The number of rotatable bonds is 2. The Bertz CT molecular complexity index is 412. The first kappa shape index (κ1) is 14.8. The average Bonchev–Trinajstić information content (AvgIpc) is 2.42. The lowest BCUT2D eigenvalue weighted by atomic mass is 9.67. The Balaban J connectivity index is 1.61. The summed E-state index contributed by atoms with van der Waals surface area (Å²) in [5.41, 5.74) is 6.13. The first-order chi connectivity index (χ1) is 10.0. The zero-order valence-electron chi connectivity index (χ0n) is 12.9. The number of carbonyl (C=O) groups is 2. The van der Waals surface area contributed by atoms with Crippen LogP contribution in [0.3, 0.4) is 0 Å². The molecule has 0 aromatic carbocycles. The van der Waals surface area contributed by atoms with Gasteiger partial charge < -0.3 is 16.0 Å². The molecule has 1 aliphatic heterocycles. The third kappa shape index (κ3) is 3.07. The first-order valence-corrected chi connectivity index (χ1v) is 8.34. The number of nitrogens with zero attached hydrogens (tertiary/aromatic N) is 1. The summed E-state index contributed by atoms with van der Waals surface area (Å²) in [6.45, 7) is 0.694. The Kier molecular flexibility index (Phi) is 4.20. The second-order valence-corrected chi connectivity index (χ2v) is 7.22. The number of piperidine rings is 1. The van der Waals surface area contributed by atoms with Crippen LogP contribution >= 0.6 is 0 Å². The zero-order chi connectivity index (χ0) is 15.0. The van der Waals surface area contributed by atoms with Crippen LogP contribution in [0.4, 0.5) is 0 Å². The Morgan fingerprint density at radius 1 is 1.24 bits per heavy atom. The normalized spacial score (nSPS) is 40.0. The fourth-order valence-electron chi connectivity index (χ4n) is 4.47. The molecule has 1 saturated heterocycles. The Morgan fingerprint density at radius 2 is 1.90 bits per heavy atom. The molecule has 3 fully saturated rings. The Hall–Kier alpha value is -1.10. The van der Waals surface area contributed by atoms with E-state index in [4.69, 9.17) is 5.73 Å². The Morgan fingerprint density at radius 3 is 2.52 bits per heavy atom. The van der Waals surface area contributed by atoms with Crippen molar-refractivity contribution < 1.29 is 9.59 Å². The minimum atomic E-state index is -0.134. The minimum Gasteiger partial charge on any atom is -0.353 e. The molecule has 2 amide bonds. The van der Waals surface area contributed by atoms with Crippen LogP contribution in [-0.4, -0.2) is 42.4 Å². The maximum Gasteiger partial charge on any atom is 0.223 e. The molecule has 1 heterocycles. The minimum absolute atomic E-state index is 0.0901. The van der Waals surface area contributed by atoms with Crippen LogP contribution in [0.5, 0.6) is 0 Å². The maximum atomic E-state index is 12.5. The molecule has 5 heteroatoms. The summed E-state index contributed by atoms with van der Waals surface area (Å²) < 4.78 is 0.